The number of carbonyl (C=O) groups excluding carboxylic acids is 1. The Labute approximate surface area is 188 Å². The van der Waals surface area contributed by atoms with E-state index in [-0.39, 0.29) is 24.1 Å². The number of pyridine rings is 1. The van der Waals surface area contributed by atoms with Crippen molar-refractivity contribution in [2.45, 2.75) is 32.0 Å². The molecular weight excluding hydrogens is 428 g/mol. The average Bonchev–Trinajstić information content (AvgIpc) is 3.23. The molecule has 3 N–H and O–H groups in total. The van der Waals surface area contributed by atoms with E-state index in [1.54, 1.807) is 12.4 Å². The molecule has 0 spiro atoms. The molecule has 0 bridgehead atoms. The summed E-state index contributed by atoms with van der Waals surface area (Å²) >= 11 is 5.99. The minimum absolute atomic E-state index is 0.00422. The highest BCUT2D eigenvalue weighted by molar-refractivity contribution is 6.30. The van der Waals surface area contributed by atoms with Gasteiger partial charge in [0.05, 0.1) is 24.6 Å². The zero-order valence-corrected chi connectivity index (χ0v) is 17.9. The lowest BCUT2D eigenvalue weighted by Gasteiger charge is -2.26. The zero-order chi connectivity index (χ0) is 22.1. The maximum atomic E-state index is 13.0. The summed E-state index contributed by atoms with van der Waals surface area (Å²) in [5.41, 5.74) is 3.81. The van der Waals surface area contributed by atoms with Crippen molar-refractivity contribution in [2.24, 2.45) is 0 Å². The highest BCUT2D eigenvalue weighted by atomic mass is 35.5. The van der Waals surface area contributed by atoms with Gasteiger partial charge in [-0.25, -0.2) is 4.98 Å². The molecule has 4 heterocycles. The van der Waals surface area contributed by atoms with Gasteiger partial charge < -0.3 is 15.6 Å². The molecule has 1 aliphatic rings. The van der Waals surface area contributed by atoms with Crippen molar-refractivity contribution in [2.75, 3.05) is 5.32 Å². The van der Waals surface area contributed by atoms with E-state index in [0.717, 1.165) is 34.3 Å². The maximum absolute atomic E-state index is 13.0. The summed E-state index contributed by atoms with van der Waals surface area (Å²) in [6.45, 7) is 0.228. The molecule has 3 aromatic heterocycles. The summed E-state index contributed by atoms with van der Waals surface area (Å²) < 4.78 is 1.33. The molecule has 0 aliphatic carbocycles. The fraction of sp³-hybridized carbons (Fsp3) is 0.217. The van der Waals surface area contributed by atoms with Crippen LogP contribution in [0.3, 0.4) is 0 Å². The van der Waals surface area contributed by atoms with Crippen molar-refractivity contribution >= 4 is 34.1 Å². The summed E-state index contributed by atoms with van der Waals surface area (Å²) in [6, 6.07) is 11.4. The second-order valence-corrected chi connectivity index (χ2v) is 8.26. The highest BCUT2D eigenvalue weighted by Crippen LogP contribution is 2.30. The van der Waals surface area contributed by atoms with E-state index in [1.165, 1.54) is 10.9 Å². The lowest BCUT2D eigenvalue weighted by atomic mass is 9.96. The topological polar surface area (TPSA) is 105 Å². The summed E-state index contributed by atoms with van der Waals surface area (Å²) in [7, 11) is 0. The zero-order valence-electron chi connectivity index (χ0n) is 17.1. The van der Waals surface area contributed by atoms with Gasteiger partial charge in [0.15, 0.2) is 0 Å². The Balaban J connectivity index is 1.27. The molecule has 0 fully saturated rings. The van der Waals surface area contributed by atoms with Crippen molar-refractivity contribution in [3.05, 3.63) is 87.4 Å². The van der Waals surface area contributed by atoms with Gasteiger partial charge >= 0.3 is 0 Å². The van der Waals surface area contributed by atoms with Crippen LogP contribution in [0.5, 0.6) is 0 Å². The maximum Gasteiger partial charge on any atom is 0.277 e. The summed E-state index contributed by atoms with van der Waals surface area (Å²) in [5, 5.41) is 7.80. The van der Waals surface area contributed by atoms with Gasteiger partial charge in [-0.05, 0) is 42.7 Å². The Kier molecular flexibility index (Phi) is 5.36. The van der Waals surface area contributed by atoms with Gasteiger partial charge in [0, 0.05) is 34.0 Å². The number of rotatable bonds is 5. The van der Waals surface area contributed by atoms with Gasteiger partial charge in [-0.15, -0.1) is 0 Å². The number of aromatic amines is 1. The van der Waals surface area contributed by atoms with E-state index in [1.807, 2.05) is 36.4 Å². The first-order valence-electron chi connectivity index (χ1n) is 10.4. The van der Waals surface area contributed by atoms with Crippen LogP contribution < -0.4 is 16.2 Å². The van der Waals surface area contributed by atoms with Gasteiger partial charge in [-0.2, -0.15) is 0 Å². The molecule has 32 heavy (non-hydrogen) atoms. The van der Waals surface area contributed by atoms with E-state index < -0.39 is 0 Å². The van der Waals surface area contributed by atoms with Crippen LogP contribution in [0.2, 0.25) is 5.02 Å². The number of nitrogens with zero attached hydrogens (tertiary/aromatic N) is 3. The molecule has 8 nitrogen and oxygen atoms in total. The number of anilines is 1. The third kappa shape index (κ3) is 4.09. The molecule has 1 atom stereocenters. The minimum atomic E-state index is -0.268. The normalized spacial score (nSPS) is 15.2. The van der Waals surface area contributed by atoms with Gasteiger partial charge in [-0.1, -0.05) is 23.7 Å². The first-order valence-corrected chi connectivity index (χ1v) is 10.7. The summed E-state index contributed by atoms with van der Waals surface area (Å²) in [4.78, 5) is 37.2. The molecule has 5 rings (SSSR count). The predicted octanol–water partition coefficient (Wildman–Crippen LogP) is 3.19. The third-order valence-corrected chi connectivity index (χ3v) is 5.90. The van der Waals surface area contributed by atoms with E-state index in [9.17, 15) is 9.59 Å². The van der Waals surface area contributed by atoms with Crippen LogP contribution in [0.1, 0.15) is 29.4 Å². The number of hydrogen-bond acceptors (Lipinski definition) is 5. The van der Waals surface area contributed by atoms with Crippen LogP contribution >= 0.6 is 11.6 Å². The number of nitrogens with one attached hydrogen (secondary N) is 3. The monoisotopic (exact) mass is 448 g/mol. The number of amides is 1. The van der Waals surface area contributed by atoms with Crippen LogP contribution in [-0.4, -0.2) is 25.4 Å². The molecule has 162 valence electrons. The summed E-state index contributed by atoms with van der Waals surface area (Å²) in [6.07, 6.45) is 6.43. The van der Waals surface area contributed by atoms with Crippen molar-refractivity contribution in [1.29, 1.82) is 0 Å². The molecule has 1 aliphatic heterocycles. The quantitative estimate of drug-likeness (QED) is 0.435. The van der Waals surface area contributed by atoms with Gasteiger partial charge in [0.25, 0.3) is 5.56 Å². The van der Waals surface area contributed by atoms with Crippen LogP contribution in [0.15, 0.2) is 59.9 Å². The third-order valence-electron chi connectivity index (χ3n) is 5.64. The number of H-pyrrole nitrogens is 1. The Hall–Kier alpha value is -3.65. The number of halogens is 1. The lowest BCUT2D eigenvalue weighted by molar-refractivity contribution is -0.121. The van der Waals surface area contributed by atoms with E-state index in [4.69, 9.17) is 11.6 Å². The largest absolute Gasteiger partial charge is 0.372 e. The van der Waals surface area contributed by atoms with Gasteiger partial charge in [-0.3, -0.25) is 19.1 Å². The number of fused-ring (bicyclic) bond motifs is 2. The van der Waals surface area contributed by atoms with Crippen molar-refractivity contribution in [3.63, 3.8) is 0 Å². The molecule has 0 unspecified atom stereocenters. The number of aromatic nitrogens is 4. The molecule has 1 aromatic carbocycles. The first kappa shape index (κ1) is 20.3. The number of hydrogen-bond donors (Lipinski definition) is 3. The van der Waals surface area contributed by atoms with E-state index in [0.29, 0.717) is 23.7 Å². The number of aryl methyl sites for hydroxylation is 1. The molecule has 0 saturated heterocycles. The number of carbonyl (C=O) groups is 1. The van der Waals surface area contributed by atoms with Crippen LogP contribution in [-0.2, 0) is 24.3 Å². The SMILES string of the molecule is O=C(Cn1cnc2c(c1=O)N[C@@H](c1ccc(Cl)cc1)CC2)NCc1cc2cnccc2[nH]1. The van der Waals surface area contributed by atoms with Crippen molar-refractivity contribution < 1.29 is 4.79 Å². The van der Waals surface area contributed by atoms with Gasteiger partial charge in [0.2, 0.25) is 5.91 Å². The molecule has 1 amide bonds. The molecular formula is C23H21ClN6O2. The Bertz CT molecular complexity index is 1310. The molecule has 9 heteroatoms. The van der Waals surface area contributed by atoms with Crippen LogP contribution in [0.4, 0.5) is 5.69 Å². The first-order chi connectivity index (χ1) is 15.6. The average molecular weight is 449 g/mol. The number of benzene rings is 1. The second kappa shape index (κ2) is 8.47. The van der Waals surface area contributed by atoms with Crippen molar-refractivity contribution in [1.82, 2.24) is 24.8 Å². The Morgan fingerprint density at radius 1 is 1.25 bits per heavy atom. The summed E-state index contributed by atoms with van der Waals surface area (Å²) in [5.74, 6) is -0.268. The van der Waals surface area contributed by atoms with E-state index in [2.05, 4.69) is 25.6 Å². The molecule has 4 aromatic rings. The van der Waals surface area contributed by atoms with Crippen LogP contribution in [0, 0.1) is 0 Å². The Morgan fingerprint density at radius 2 is 2.09 bits per heavy atom. The second-order valence-electron chi connectivity index (χ2n) is 7.82. The Morgan fingerprint density at radius 3 is 2.91 bits per heavy atom. The minimum Gasteiger partial charge on any atom is -0.372 e. The van der Waals surface area contributed by atoms with Crippen molar-refractivity contribution in [3.8, 4) is 0 Å². The highest BCUT2D eigenvalue weighted by Gasteiger charge is 2.23. The standard InChI is InChI=1S/C23H21ClN6O2/c24-16-3-1-14(2-4-16)18-5-6-20-22(29-18)23(32)30(13-27-20)12-21(31)26-11-17-9-15-10-25-8-7-19(15)28-17/h1-4,7-10,13,18,28-29H,5-6,11-12H2,(H,26,31)/t18-/m1/s1. The van der Waals surface area contributed by atoms with Gasteiger partial charge in [0.1, 0.15) is 12.2 Å². The molecule has 0 saturated carbocycles. The smallest absolute Gasteiger partial charge is 0.277 e. The fourth-order valence-electron chi connectivity index (χ4n) is 3.98. The predicted molar refractivity (Wildman–Crippen MR) is 123 cm³/mol. The van der Waals surface area contributed by atoms with Crippen LogP contribution in [0.25, 0.3) is 10.9 Å². The fourth-order valence-corrected chi connectivity index (χ4v) is 4.10. The van der Waals surface area contributed by atoms with E-state index >= 15 is 0 Å². The lowest BCUT2D eigenvalue weighted by Crippen LogP contribution is -2.35. The molecule has 0 radical (unpaired) electrons.